The summed E-state index contributed by atoms with van der Waals surface area (Å²) in [6.07, 6.45) is 5.56. The molecule has 0 atom stereocenters. The summed E-state index contributed by atoms with van der Waals surface area (Å²) >= 11 is 6.21. The molecule has 0 aliphatic carbocycles. The zero-order chi connectivity index (χ0) is 33.2. The molecule has 14 heteroatoms. The highest BCUT2D eigenvalue weighted by molar-refractivity contribution is 6.31. The smallest absolute Gasteiger partial charge is 0.387 e. The van der Waals surface area contributed by atoms with E-state index in [1.165, 1.54) is 47.4 Å². The minimum atomic E-state index is -3.14. The van der Waals surface area contributed by atoms with E-state index in [0.717, 1.165) is 5.69 Å². The number of nitrogens with zero attached hydrogens (tertiary/aromatic N) is 6. The number of piperazine rings is 1. The van der Waals surface area contributed by atoms with E-state index >= 15 is 0 Å². The van der Waals surface area contributed by atoms with Gasteiger partial charge in [0.05, 0.1) is 22.9 Å². The van der Waals surface area contributed by atoms with E-state index < -0.39 is 12.5 Å². The largest absolute Gasteiger partial charge is 0.434 e. The summed E-state index contributed by atoms with van der Waals surface area (Å²) in [6, 6.07) is 13.4. The van der Waals surface area contributed by atoms with Crippen molar-refractivity contribution in [1.82, 2.24) is 20.0 Å². The molecule has 1 aliphatic rings. The fraction of sp³-hybridized carbons (Fsp3) is 0.219. The Balaban J connectivity index is 1.61. The van der Waals surface area contributed by atoms with Crippen LogP contribution in [0.25, 0.3) is 11.3 Å². The molecule has 0 radical (unpaired) electrons. The van der Waals surface area contributed by atoms with Gasteiger partial charge in [-0.25, -0.2) is 4.99 Å². The van der Waals surface area contributed by atoms with Crippen molar-refractivity contribution < 1.29 is 23.1 Å². The first-order valence-electron chi connectivity index (χ1n) is 14.0. The second-order valence-electron chi connectivity index (χ2n) is 9.82. The second-order valence-corrected chi connectivity index (χ2v) is 10.3. The summed E-state index contributed by atoms with van der Waals surface area (Å²) in [5.74, 6) is -0.896. The Hall–Kier alpha value is -5.48. The Labute approximate surface area is 269 Å². The molecule has 0 spiro atoms. The number of ether oxygens (including phenoxy) is 1. The molecule has 2 heterocycles. The molecule has 238 valence electrons. The van der Waals surface area contributed by atoms with Gasteiger partial charge in [-0.2, -0.15) is 19.1 Å². The molecule has 2 N–H and O–H groups in total. The lowest BCUT2D eigenvalue weighted by atomic mass is 10.1. The summed E-state index contributed by atoms with van der Waals surface area (Å²) in [5.41, 5.74) is 1.83. The van der Waals surface area contributed by atoms with E-state index in [2.05, 4.69) is 44.9 Å². The van der Waals surface area contributed by atoms with E-state index in [9.17, 15) is 18.4 Å². The molecular formula is C32H31ClF2N8O3. The van der Waals surface area contributed by atoms with Crippen molar-refractivity contribution in [2.45, 2.75) is 13.2 Å². The number of allylic oxidation sites excluding steroid dienone is 1. The zero-order valence-electron chi connectivity index (χ0n) is 24.9. The van der Waals surface area contributed by atoms with Crippen molar-refractivity contribution >= 4 is 41.0 Å². The van der Waals surface area contributed by atoms with E-state index in [4.69, 9.17) is 21.6 Å². The summed E-state index contributed by atoms with van der Waals surface area (Å²) < 4.78 is 32.6. The lowest BCUT2D eigenvalue weighted by Crippen LogP contribution is -2.49. The number of anilines is 2. The van der Waals surface area contributed by atoms with Gasteiger partial charge < -0.3 is 25.2 Å². The molecule has 2 aromatic carbocycles. The highest BCUT2D eigenvalue weighted by Gasteiger charge is 2.25. The van der Waals surface area contributed by atoms with Gasteiger partial charge in [-0.1, -0.05) is 36.9 Å². The lowest BCUT2D eigenvalue weighted by molar-refractivity contribution is -0.132. The fourth-order valence-corrected chi connectivity index (χ4v) is 4.93. The molecule has 1 aromatic heterocycles. The number of carbonyl (C=O) groups is 2. The number of aliphatic imine (C=N–C) groups is 1. The molecule has 4 rings (SSSR count). The monoisotopic (exact) mass is 648 g/mol. The van der Waals surface area contributed by atoms with E-state index in [-0.39, 0.29) is 51.6 Å². The van der Waals surface area contributed by atoms with Gasteiger partial charge in [-0.05, 0) is 42.5 Å². The Bertz CT molecular complexity index is 1700. The molecule has 46 heavy (non-hydrogen) atoms. The number of benzene rings is 2. The Morgan fingerprint density at radius 1 is 1.17 bits per heavy atom. The highest BCUT2D eigenvalue weighted by atomic mass is 35.5. The van der Waals surface area contributed by atoms with Gasteiger partial charge in [-0.3, -0.25) is 14.3 Å². The number of nitrogens with one attached hydrogen (secondary N) is 2. The van der Waals surface area contributed by atoms with Crippen LogP contribution in [-0.4, -0.2) is 72.5 Å². The van der Waals surface area contributed by atoms with Crippen LogP contribution < -0.4 is 20.3 Å². The lowest BCUT2D eigenvalue weighted by Gasteiger charge is -2.36. The zero-order valence-corrected chi connectivity index (χ0v) is 25.7. The molecule has 1 aliphatic heterocycles. The van der Waals surface area contributed by atoms with Gasteiger partial charge in [0.15, 0.2) is 0 Å². The molecule has 0 bridgehead atoms. The number of halogens is 3. The molecule has 3 aromatic rings. The number of hydrogen-bond donors (Lipinski definition) is 2. The molecule has 1 saturated heterocycles. The van der Waals surface area contributed by atoms with E-state index in [1.807, 2.05) is 12.1 Å². The number of carbonyl (C=O) groups excluding carboxylic acids is 2. The van der Waals surface area contributed by atoms with Gasteiger partial charge in [0.2, 0.25) is 5.91 Å². The fourth-order valence-electron chi connectivity index (χ4n) is 4.76. The van der Waals surface area contributed by atoms with Crippen molar-refractivity contribution in [2.75, 3.05) is 43.4 Å². The second kappa shape index (κ2) is 15.5. The van der Waals surface area contributed by atoms with Crippen molar-refractivity contribution in [3.63, 3.8) is 0 Å². The average molecular weight is 649 g/mol. The minimum Gasteiger partial charge on any atom is -0.434 e. The highest BCUT2D eigenvalue weighted by Crippen LogP contribution is 2.37. The minimum absolute atomic E-state index is 0.0500. The third kappa shape index (κ3) is 8.16. The summed E-state index contributed by atoms with van der Waals surface area (Å²) in [4.78, 5) is 34.7. The van der Waals surface area contributed by atoms with Crippen LogP contribution in [0, 0.1) is 11.3 Å². The molecule has 11 nitrogen and oxygen atoms in total. The first-order valence-corrected chi connectivity index (χ1v) is 14.4. The van der Waals surface area contributed by atoms with E-state index in [1.54, 1.807) is 24.1 Å². The molecular weight excluding hydrogens is 618 g/mol. The summed E-state index contributed by atoms with van der Waals surface area (Å²) in [6.45, 7) is 6.00. The quantitative estimate of drug-likeness (QED) is 0.163. The number of hydrogen-bond acceptors (Lipinski definition) is 8. The maximum absolute atomic E-state index is 13.4. The number of aromatic nitrogens is 2. The van der Waals surface area contributed by atoms with Crippen molar-refractivity contribution in [3.8, 4) is 23.1 Å². The molecule has 0 unspecified atom stereocenters. The Morgan fingerprint density at radius 2 is 1.89 bits per heavy atom. The van der Waals surface area contributed by atoms with Crippen LogP contribution >= 0.6 is 11.6 Å². The van der Waals surface area contributed by atoms with Crippen molar-refractivity contribution in [2.24, 2.45) is 4.99 Å². The Kier molecular flexibility index (Phi) is 11.3. The normalized spacial score (nSPS) is 13.7. The van der Waals surface area contributed by atoms with E-state index in [0.29, 0.717) is 31.7 Å². The van der Waals surface area contributed by atoms with Crippen LogP contribution in [0.1, 0.15) is 5.56 Å². The molecule has 2 amide bonds. The maximum Gasteiger partial charge on any atom is 0.387 e. The topological polar surface area (TPSA) is 128 Å². The van der Waals surface area contributed by atoms with Crippen molar-refractivity contribution in [1.29, 1.82) is 5.26 Å². The molecule has 0 saturated carbocycles. The van der Waals surface area contributed by atoms with Crippen LogP contribution in [0.15, 0.2) is 90.4 Å². The predicted octanol–water partition coefficient (Wildman–Crippen LogP) is 4.84. The van der Waals surface area contributed by atoms with Gasteiger partial charge in [0.25, 0.3) is 5.91 Å². The number of rotatable bonds is 12. The van der Waals surface area contributed by atoms with Crippen molar-refractivity contribution in [3.05, 3.63) is 96.0 Å². The SMILES string of the molecule is C=C/C=N\C(NC)=C(\C=C)C(=O)Nc1cn(CC(=O)N2CCN(c3ccc(C#N)cc3)CC2)nc1-c1cc(Cl)ccc1OC(F)F. The van der Waals surface area contributed by atoms with Gasteiger partial charge >= 0.3 is 6.61 Å². The summed E-state index contributed by atoms with van der Waals surface area (Å²) in [5, 5.41) is 19.3. The first kappa shape index (κ1) is 33.4. The number of alkyl halides is 2. The molecule has 1 fully saturated rings. The number of nitriles is 1. The van der Waals surface area contributed by atoms with Crippen LogP contribution in [0.4, 0.5) is 20.2 Å². The van der Waals surface area contributed by atoms with Crippen LogP contribution in [0.2, 0.25) is 5.02 Å². The van der Waals surface area contributed by atoms with Crippen LogP contribution in [0.5, 0.6) is 5.75 Å². The third-order valence-corrected chi connectivity index (χ3v) is 7.20. The van der Waals surface area contributed by atoms with Crippen LogP contribution in [0.3, 0.4) is 0 Å². The van der Waals surface area contributed by atoms with Gasteiger partial charge in [0, 0.05) is 61.9 Å². The number of amides is 2. The van der Waals surface area contributed by atoms with Gasteiger partial charge in [0.1, 0.15) is 23.8 Å². The van der Waals surface area contributed by atoms with Crippen LogP contribution in [-0.2, 0) is 16.1 Å². The average Bonchev–Trinajstić information content (AvgIpc) is 3.44. The first-order chi connectivity index (χ1) is 22.2. The maximum atomic E-state index is 13.4. The Morgan fingerprint density at radius 3 is 2.50 bits per heavy atom. The van der Waals surface area contributed by atoms with Gasteiger partial charge in [-0.15, -0.1) is 0 Å². The third-order valence-electron chi connectivity index (χ3n) is 6.96. The summed E-state index contributed by atoms with van der Waals surface area (Å²) in [7, 11) is 1.58. The predicted molar refractivity (Wildman–Crippen MR) is 173 cm³/mol. The standard InChI is InChI=1S/C32H31ClF2N8O3/c1-4-12-38-30(37-3)24(5-2)31(45)39-26-19-43(40-29(26)25-17-22(33)8-11-27(25)46-32(34)35)20-28(44)42-15-13-41(14-16-42)23-9-6-21(18-36)7-10-23/h4-12,17,19,32,37H,1-2,13-16,20H2,3H3,(H,39,45)/b30-24-,38-12-.